The molecule has 0 radical (unpaired) electrons. The van der Waals surface area contributed by atoms with Crippen LogP contribution < -0.4 is 0 Å². The van der Waals surface area contributed by atoms with E-state index in [4.69, 9.17) is 0 Å². The third kappa shape index (κ3) is 1.62. The summed E-state index contributed by atoms with van der Waals surface area (Å²) in [6.07, 6.45) is 11.5. The minimum absolute atomic E-state index is 0.0571. The van der Waals surface area contributed by atoms with E-state index in [1.165, 1.54) is 44.9 Å². The standard InChI is InChI=1S/C14H24O2/c15-11-4-6-13(9-11)7-8-14(10-13)5-2-1-3-12(14)16/h11-12,15-16H,1-10H2. The summed E-state index contributed by atoms with van der Waals surface area (Å²) >= 11 is 0. The van der Waals surface area contributed by atoms with Crippen molar-refractivity contribution < 1.29 is 10.2 Å². The van der Waals surface area contributed by atoms with Gasteiger partial charge in [0, 0.05) is 0 Å². The Morgan fingerprint density at radius 1 is 0.875 bits per heavy atom. The zero-order chi connectivity index (χ0) is 11.2. The van der Waals surface area contributed by atoms with Crippen LogP contribution in [0.3, 0.4) is 0 Å². The fraction of sp³-hybridized carbons (Fsp3) is 1.00. The first-order valence-corrected chi connectivity index (χ1v) is 7.00. The van der Waals surface area contributed by atoms with E-state index in [1.807, 2.05) is 0 Å². The average molecular weight is 224 g/mol. The summed E-state index contributed by atoms with van der Waals surface area (Å²) < 4.78 is 0. The van der Waals surface area contributed by atoms with E-state index in [0.717, 1.165) is 19.3 Å². The van der Waals surface area contributed by atoms with Crippen LogP contribution in [0.25, 0.3) is 0 Å². The number of aliphatic hydroxyl groups is 2. The minimum atomic E-state index is -0.0594. The summed E-state index contributed by atoms with van der Waals surface area (Å²) in [4.78, 5) is 0. The zero-order valence-electron chi connectivity index (χ0n) is 10.1. The van der Waals surface area contributed by atoms with Gasteiger partial charge in [0.15, 0.2) is 0 Å². The molecule has 0 bridgehead atoms. The van der Waals surface area contributed by atoms with E-state index in [0.29, 0.717) is 5.41 Å². The molecule has 0 aliphatic heterocycles. The molecular formula is C14H24O2. The molecule has 0 amide bonds. The van der Waals surface area contributed by atoms with E-state index in [2.05, 4.69) is 0 Å². The predicted octanol–water partition coefficient (Wildman–Crippen LogP) is 2.62. The van der Waals surface area contributed by atoms with Crippen LogP contribution in [-0.2, 0) is 0 Å². The largest absolute Gasteiger partial charge is 0.393 e. The molecule has 2 N–H and O–H groups in total. The molecule has 4 unspecified atom stereocenters. The van der Waals surface area contributed by atoms with Crippen molar-refractivity contribution in [2.45, 2.75) is 76.4 Å². The zero-order valence-corrected chi connectivity index (χ0v) is 10.1. The number of hydrogen-bond acceptors (Lipinski definition) is 2. The van der Waals surface area contributed by atoms with Gasteiger partial charge in [-0.25, -0.2) is 0 Å². The van der Waals surface area contributed by atoms with Crippen molar-refractivity contribution in [3.8, 4) is 0 Å². The number of hydrogen-bond donors (Lipinski definition) is 2. The normalized spacial score (nSPS) is 52.9. The predicted molar refractivity (Wildman–Crippen MR) is 63.0 cm³/mol. The summed E-state index contributed by atoms with van der Waals surface area (Å²) in [5, 5.41) is 20.1. The van der Waals surface area contributed by atoms with E-state index in [-0.39, 0.29) is 17.6 Å². The molecule has 3 aliphatic rings. The first kappa shape index (κ1) is 11.0. The van der Waals surface area contributed by atoms with E-state index >= 15 is 0 Å². The van der Waals surface area contributed by atoms with Crippen molar-refractivity contribution in [3.05, 3.63) is 0 Å². The molecule has 0 aromatic carbocycles. The lowest BCUT2D eigenvalue weighted by molar-refractivity contribution is -0.0162. The molecule has 2 spiro atoms. The second-order valence-electron chi connectivity index (χ2n) is 6.70. The van der Waals surface area contributed by atoms with Crippen LogP contribution >= 0.6 is 0 Å². The van der Waals surface area contributed by atoms with E-state index < -0.39 is 0 Å². The van der Waals surface area contributed by atoms with Crippen molar-refractivity contribution in [1.82, 2.24) is 0 Å². The SMILES string of the molecule is OC1CCC2(CCC3(CCCCC3O)C2)C1. The summed E-state index contributed by atoms with van der Waals surface area (Å²) in [6, 6.07) is 0. The van der Waals surface area contributed by atoms with Crippen LogP contribution in [0.1, 0.15) is 64.2 Å². The topological polar surface area (TPSA) is 40.5 Å². The summed E-state index contributed by atoms with van der Waals surface area (Å²) in [7, 11) is 0. The Kier molecular flexibility index (Phi) is 2.56. The van der Waals surface area contributed by atoms with Crippen LogP contribution in [0.2, 0.25) is 0 Å². The molecule has 2 heteroatoms. The van der Waals surface area contributed by atoms with Gasteiger partial charge in [0.2, 0.25) is 0 Å². The Hall–Kier alpha value is -0.0800. The maximum Gasteiger partial charge on any atom is 0.0596 e. The van der Waals surface area contributed by atoms with Crippen molar-refractivity contribution in [1.29, 1.82) is 0 Å². The van der Waals surface area contributed by atoms with Crippen LogP contribution in [-0.4, -0.2) is 22.4 Å². The smallest absolute Gasteiger partial charge is 0.0596 e. The third-order valence-electron chi connectivity index (χ3n) is 5.67. The van der Waals surface area contributed by atoms with Gasteiger partial charge < -0.3 is 10.2 Å². The fourth-order valence-electron chi connectivity index (χ4n) is 4.79. The highest BCUT2D eigenvalue weighted by Crippen LogP contribution is 2.61. The van der Waals surface area contributed by atoms with Gasteiger partial charge in [-0.3, -0.25) is 0 Å². The molecule has 0 aromatic rings. The molecule has 16 heavy (non-hydrogen) atoms. The summed E-state index contributed by atoms with van der Waals surface area (Å²) in [6.45, 7) is 0. The Labute approximate surface area is 98.1 Å². The minimum Gasteiger partial charge on any atom is -0.393 e. The molecule has 4 atom stereocenters. The second-order valence-corrected chi connectivity index (χ2v) is 6.70. The first-order chi connectivity index (χ1) is 7.64. The lowest BCUT2D eigenvalue weighted by Gasteiger charge is -2.40. The maximum atomic E-state index is 10.3. The molecule has 0 saturated heterocycles. The highest BCUT2D eigenvalue weighted by molar-refractivity contribution is 5.04. The van der Waals surface area contributed by atoms with Gasteiger partial charge >= 0.3 is 0 Å². The Balaban J connectivity index is 1.76. The number of rotatable bonds is 0. The second kappa shape index (κ2) is 3.71. The monoisotopic (exact) mass is 224 g/mol. The van der Waals surface area contributed by atoms with Crippen molar-refractivity contribution in [3.63, 3.8) is 0 Å². The highest BCUT2D eigenvalue weighted by atomic mass is 16.3. The van der Waals surface area contributed by atoms with Gasteiger partial charge in [0.1, 0.15) is 0 Å². The molecular weight excluding hydrogens is 200 g/mol. The first-order valence-electron chi connectivity index (χ1n) is 7.00. The molecule has 2 nitrogen and oxygen atoms in total. The van der Waals surface area contributed by atoms with Gasteiger partial charge in [-0.2, -0.15) is 0 Å². The molecule has 3 aliphatic carbocycles. The lowest BCUT2D eigenvalue weighted by atomic mass is 9.68. The molecule has 92 valence electrons. The Morgan fingerprint density at radius 2 is 1.75 bits per heavy atom. The van der Waals surface area contributed by atoms with Crippen LogP contribution in [0.15, 0.2) is 0 Å². The lowest BCUT2D eigenvalue weighted by Crippen LogP contribution is -2.37. The van der Waals surface area contributed by atoms with Crippen molar-refractivity contribution in [2.75, 3.05) is 0 Å². The molecule has 3 rings (SSSR count). The van der Waals surface area contributed by atoms with Crippen molar-refractivity contribution in [2.24, 2.45) is 10.8 Å². The van der Waals surface area contributed by atoms with Gasteiger partial charge in [-0.05, 0) is 62.2 Å². The van der Waals surface area contributed by atoms with E-state index in [1.54, 1.807) is 0 Å². The van der Waals surface area contributed by atoms with Gasteiger partial charge in [0.05, 0.1) is 12.2 Å². The third-order valence-corrected chi connectivity index (χ3v) is 5.67. The average Bonchev–Trinajstić information content (AvgIpc) is 2.79. The quantitative estimate of drug-likeness (QED) is 0.664. The maximum absolute atomic E-state index is 10.3. The highest BCUT2D eigenvalue weighted by Gasteiger charge is 2.53. The fourth-order valence-corrected chi connectivity index (χ4v) is 4.79. The van der Waals surface area contributed by atoms with E-state index in [9.17, 15) is 10.2 Å². The van der Waals surface area contributed by atoms with Crippen LogP contribution in [0.4, 0.5) is 0 Å². The van der Waals surface area contributed by atoms with Crippen molar-refractivity contribution >= 4 is 0 Å². The molecule has 0 heterocycles. The Morgan fingerprint density at radius 3 is 2.44 bits per heavy atom. The number of aliphatic hydroxyl groups excluding tert-OH is 2. The molecule has 3 saturated carbocycles. The van der Waals surface area contributed by atoms with Gasteiger partial charge in [-0.15, -0.1) is 0 Å². The molecule has 3 fully saturated rings. The summed E-state index contributed by atoms with van der Waals surface area (Å²) in [5.74, 6) is 0. The van der Waals surface area contributed by atoms with Crippen LogP contribution in [0, 0.1) is 10.8 Å². The Bertz CT molecular complexity index is 278. The van der Waals surface area contributed by atoms with Gasteiger partial charge in [0.25, 0.3) is 0 Å². The van der Waals surface area contributed by atoms with Gasteiger partial charge in [-0.1, -0.05) is 12.8 Å². The summed E-state index contributed by atoms with van der Waals surface area (Å²) in [5.41, 5.74) is 0.639. The molecule has 0 aromatic heterocycles. The van der Waals surface area contributed by atoms with Crippen LogP contribution in [0.5, 0.6) is 0 Å².